The van der Waals surface area contributed by atoms with Crippen LogP contribution in [0, 0.1) is 0 Å². The number of nitrogens with zero attached hydrogens (tertiary/aromatic N) is 1. The molecule has 0 saturated heterocycles. The van der Waals surface area contributed by atoms with Crippen LogP contribution in [0.2, 0.25) is 5.15 Å². The van der Waals surface area contributed by atoms with Crippen molar-refractivity contribution in [3.63, 3.8) is 0 Å². The van der Waals surface area contributed by atoms with Crippen LogP contribution in [0.25, 0.3) is 0 Å². The van der Waals surface area contributed by atoms with E-state index < -0.39 is 0 Å². The Morgan fingerprint density at radius 2 is 2.06 bits per heavy atom. The van der Waals surface area contributed by atoms with E-state index in [2.05, 4.69) is 24.9 Å². The fourth-order valence-electron chi connectivity index (χ4n) is 1.43. The van der Waals surface area contributed by atoms with Gasteiger partial charge in [0.2, 0.25) is 0 Å². The number of thiazole rings is 1. The molecule has 2 nitrogen and oxygen atoms in total. The van der Waals surface area contributed by atoms with Crippen molar-refractivity contribution in [1.29, 1.82) is 0 Å². The van der Waals surface area contributed by atoms with Gasteiger partial charge >= 0.3 is 0 Å². The Balaban J connectivity index is 2.27. The van der Waals surface area contributed by atoms with E-state index in [4.69, 9.17) is 16.3 Å². The van der Waals surface area contributed by atoms with Crippen LogP contribution in [0.1, 0.15) is 25.3 Å². The predicted molar refractivity (Wildman–Crippen MR) is 67.7 cm³/mol. The topological polar surface area (TPSA) is 22.1 Å². The van der Waals surface area contributed by atoms with Crippen molar-refractivity contribution < 1.29 is 4.74 Å². The Kier molecular flexibility index (Phi) is 3.46. The molecule has 1 heterocycles. The normalized spacial score (nSPS) is 10.8. The average molecular weight is 254 g/mol. The minimum atomic E-state index is 0.423. The van der Waals surface area contributed by atoms with Gasteiger partial charge in [0, 0.05) is 5.38 Å². The van der Waals surface area contributed by atoms with Gasteiger partial charge in [-0.15, -0.1) is 0 Å². The minimum absolute atomic E-state index is 0.423. The highest BCUT2D eigenvalue weighted by molar-refractivity contribution is 7.11. The van der Waals surface area contributed by atoms with Gasteiger partial charge in [-0.2, -0.15) is 4.98 Å². The number of hydrogen-bond acceptors (Lipinski definition) is 3. The van der Waals surface area contributed by atoms with Crippen LogP contribution in [0.4, 0.5) is 0 Å². The lowest BCUT2D eigenvalue weighted by Gasteiger charge is -2.11. The quantitative estimate of drug-likeness (QED) is 0.790. The third-order valence-corrected chi connectivity index (χ3v) is 3.23. The third-order valence-electron chi connectivity index (χ3n) is 2.19. The summed E-state index contributed by atoms with van der Waals surface area (Å²) in [7, 11) is 0. The second kappa shape index (κ2) is 4.85. The van der Waals surface area contributed by atoms with Crippen molar-refractivity contribution in [1.82, 2.24) is 4.98 Å². The van der Waals surface area contributed by atoms with Gasteiger partial charge in [-0.3, -0.25) is 0 Å². The fourth-order valence-corrected chi connectivity index (χ4v) is 2.23. The number of hydrogen-bond donors (Lipinski definition) is 0. The van der Waals surface area contributed by atoms with Crippen LogP contribution in [0.3, 0.4) is 0 Å². The summed E-state index contributed by atoms with van der Waals surface area (Å²) >= 11 is 7.15. The molecule has 2 rings (SSSR count). The summed E-state index contributed by atoms with van der Waals surface area (Å²) in [5.41, 5.74) is 1.17. The first kappa shape index (κ1) is 11.4. The third kappa shape index (κ3) is 2.54. The van der Waals surface area contributed by atoms with Crippen LogP contribution in [-0.4, -0.2) is 4.98 Å². The van der Waals surface area contributed by atoms with Gasteiger partial charge in [0.15, 0.2) is 0 Å². The monoisotopic (exact) mass is 253 g/mol. The molecule has 1 aromatic carbocycles. The zero-order valence-corrected chi connectivity index (χ0v) is 10.7. The zero-order chi connectivity index (χ0) is 11.5. The van der Waals surface area contributed by atoms with Gasteiger partial charge in [0.1, 0.15) is 10.9 Å². The number of para-hydroxylation sites is 1. The number of halogens is 1. The van der Waals surface area contributed by atoms with Crippen molar-refractivity contribution in [3.05, 3.63) is 40.4 Å². The van der Waals surface area contributed by atoms with Gasteiger partial charge in [0.25, 0.3) is 5.19 Å². The molecule has 0 spiro atoms. The maximum atomic E-state index is 5.75. The number of benzene rings is 1. The van der Waals surface area contributed by atoms with Crippen LogP contribution < -0.4 is 4.74 Å². The summed E-state index contributed by atoms with van der Waals surface area (Å²) < 4.78 is 5.71. The molecule has 4 heteroatoms. The molecule has 0 amide bonds. The molecule has 84 valence electrons. The average Bonchev–Trinajstić information content (AvgIpc) is 2.64. The Hall–Kier alpha value is -1.06. The van der Waals surface area contributed by atoms with E-state index in [1.54, 1.807) is 5.38 Å². The lowest BCUT2D eigenvalue weighted by molar-refractivity contribution is 0.469. The molecule has 1 aromatic heterocycles. The van der Waals surface area contributed by atoms with Crippen LogP contribution in [0.15, 0.2) is 29.6 Å². The number of aromatic nitrogens is 1. The number of ether oxygens (including phenoxy) is 1. The highest BCUT2D eigenvalue weighted by Gasteiger charge is 2.09. The van der Waals surface area contributed by atoms with Gasteiger partial charge in [0.05, 0.1) is 0 Å². The molecular formula is C12H12ClNOS. The fraction of sp³-hybridized carbons (Fsp3) is 0.250. The molecule has 0 fully saturated rings. The molecular weight excluding hydrogens is 242 g/mol. The summed E-state index contributed by atoms with van der Waals surface area (Å²) in [6, 6.07) is 7.98. The van der Waals surface area contributed by atoms with E-state index in [1.165, 1.54) is 16.9 Å². The molecule has 0 aliphatic carbocycles. The molecule has 0 aliphatic heterocycles. The van der Waals surface area contributed by atoms with Gasteiger partial charge < -0.3 is 4.74 Å². The summed E-state index contributed by atoms with van der Waals surface area (Å²) in [6.45, 7) is 4.27. The van der Waals surface area contributed by atoms with Gasteiger partial charge in [-0.1, -0.05) is 55.0 Å². The molecule has 2 aromatic rings. The summed E-state index contributed by atoms with van der Waals surface area (Å²) in [5.74, 6) is 1.27. The van der Waals surface area contributed by atoms with Crippen molar-refractivity contribution in [2.24, 2.45) is 0 Å². The molecule has 0 saturated carbocycles. The van der Waals surface area contributed by atoms with E-state index in [9.17, 15) is 0 Å². The minimum Gasteiger partial charge on any atom is -0.431 e. The second-order valence-corrected chi connectivity index (χ2v) is 4.94. The SMILES string of the molecule is CC(C)c1ccccc1Oc1nc(Cl)cs1. The molecule has 0 aliphatic rings. The van der Waals surface area contributed by atoms with E-state index in [0.717, 1.165) is 5.75 Å². The molecule has 0 unspecified atom stereocenters. The Morgan fingerprint density at radius 3 is 2.69 bits per heavy atom. The predicted octanol–water partition coefficient (Wildman–Crippen LogP) is 4.71. The van der Waals surface area contributed by atoms with E-state index in [1.807, 2.05) is 18.2 Å². The highest BCUT2D eigenvalue weighted by Crippen LogP contribution is 2.32. The van der Waals surface area contributed by atoms with Crippen LogP contribution in [0.5, 0.6) is 10.9 Å². The Labute approximate surface area is 104 Å². The smallest absolute Gasteiger partial charge is 0.280 e. The van der Waals surface area contributed by atoms with Crippen molar-refractivity contribution in [3.8, 4) is 10.9 Å². The highest BCUT2D eigenvalue weighted by atomic mass is 35.5. The van der Waals surface area contributed by atoms with E-state index in [0.29, 0.717) is 16.3 Å². The first-order valence-electron chi connectivity index (χ1n) is 5.04. The van der Waals surface area contributed by atoms with Crippen LogP contribution >= 0.6 is 22.9 Å². The summed E-state index contributed by atoms with van der Waals surface area (Å²) in [5, 5.41) is 2.81. The standard InChI is InChI=1S/C12H12ClNOS/c1-8(2)9-5-3-4-6-10(9)15-12-14-11(13)7-16-12/h3-8H,1-2H3. The molecule has 0 bridgehead atoms. The van der Waals surface area contributed by atoms with Crippen LogP contribution in [-0.2, 0) is 0 Å². The maximum absolute atomic E-state index is 5.75. The number of rotatable bonds is 3. The Bertz CT molecular complexity index is 481. The molecule has 0 N–H and O–H groups in total. The van der Waals surface area contributed by atoms with Crippen molar-refractivity contribution in [2.75, 3.05) is 0 Å². The van der Waals surface area contributed by atoms with E-state index in [-0.39, 0.29) is 0 Å². The zero-order valence-electron chi connectivity index (χ0n) is 9.11. The van der Waals surface area contributed by atoms with E-state index >= 15 is 0 Å². The molecule has 16 heavy (non-hydrogen) atoms. The lowest BCUT2D eigenvalue weighted by Crippen LogP contribution is -1.93. The Morgan fingerprint density at radius 1 is 1.31 bits per heavy atom. The summed E-state index contributed by atoms with van der Waals surface area (Å²) in [6.07, 6.45) is 0. The summed E-state index contributed by atoms with van der Waals surface area (Å²) in [4.78, 5) is 4.07. The second-order valence-electron chi connectivity index (χ2n) is 3.73. The first-order chi connectivity index (χ1) is 7.66. The first-order valence-corrected chi connectivity index (χ1v) is 6.30. The van der Waals surface area contributed by atoms with Gasteiger partial charge in [-0.05, 0) is 17.5 Å². The van der Waals surface area contributed by atoms with Gasteiger partial charge in [-0.25, -0.2) is 0 Å². The van der Waals surface area contributed by atoms with Crippen molar-refractivity contribution in [2.45, 2.75) is 19.8 Å². The maximum Gasteiger partial charge on any atom is 0.280 e. The molecule has 0 atom stereocenters. The van der Waals surface area contributed by atoms with Crippen molar-refractivity contribution >= 4 is 22.9 Å². The molecule has 0 radical (unpaired) electrons. The largest absolute Gasteiger partial charge is 0.431 e. The lowest BCUT2D eigenvalue weighted by atomic mass is 10.0.